The van der Waals surface area contributed by atoms with Crippen molar-refractivity contribution in [1.29, 1.82) is 0 Å². The molecule has 33 heavy (non-hydrogen) atoms. The monoisotopic (exact) mass is 449 g/mol. The summed E-state index contributed by atoms with van der Waals surface area (Å²) in [6, 6.07) is 15.3. The Morgan fingerprint density at radius 3 is 2.55 bits per heavy atom. The molecule has 3 aromatic rings. The van der Waals surface area contributed by atoms with E-state index in [1.165, 1.54) is 6.08 Å². The lowest BCUT2D eigenvalue weighted by Gasteiger charge is -2.44. The third-order valence-electron chi connectivity index (χ3n) is 6.75. The molecule has 7 rings (SSSR count). The fourth-order valence-electron chi connectivity index (χ4n) is 5.09. The van der Waals surface area contributed by atoms with Crippen LogP contribution in [0.15, 0.2) is 76.3 Å². The average molecular weight is 449 g/mol. The predicted molar refractivity (Wildman–Crippen MR) is 119 cm³/mol. The van der Waals surface area contributed by atoms with Gasteiger partial charge in [0.2, 0.25) is 0 Å². The van der Waals surface area contributed by atoms with Crippen molar-refractivity contribution in [3.05, 3.63) is 93.3 Å². The molecule has 3 aliphatic heterocycles. The Morgan fingerprint density at radius 1 is 1.06 bits per heavy atom. The Hall–Kier alpha value is -3.21. The number of methoxy groups -OCH3 is 1. The van der Waals surface area contributed by atoms with Crippen LogP contribution in [0.5, 0.6) is 0 Å². The van der Waals surface area contributed by atoms with Crippen molar-refractivity contribution in [1.82, 2.24) is 13.9 Å². The van der Waals surface area contributed by atoms with Crippen LogP contribution in [0, 0.1) is 0 Å². The lowest BCUT2D eigenvalue weighted by atomic mass is 9.75. The average Bonchev–Trinajstić information content (AvgIpc) is 3.41. The van der Waals surface area contributed by atoms with Gasteiger partial charge in [0.05, 0.1) is 17.9 Å². The van der Waals surface area contributed by atoms with E-state index in [1.807, 2.05) is 31.2 Å². The molecule has 2 bridgehead atoms. The van der Waals surface area contributed by atoms with E-state index in [-0.39, 0.29) is 6.10 Å². The summed E-state index contributed by atoms with van der Waals surface area (Å²) >= 11 is 0. The van der Waals surface area contributed by atoms with Crippen LogP contribution in [0.2, 0.25) is 0 Å². The maximum atomic E-state index is 16.5. The molecule has 1 saturated heterocycles. The first-order chi connectivity index (χ1) is 16.0. The van der Waals surface area contributed by atoms with Gasteiger partial charge in [-0.1, -0.05) is 48.5 Å². The van der Waals surface area contributed by atoms with Crippen molar-refractivity contribution >= 4 is 12.6 Å². The highest BCUT2D eigenvalue weighted by molar-refractivity contribution is 6.62. The number of hydrogen-bond donors (Lipinski definition) is 0. The number of para-hydroxylation sites is 1. The van der Waals surface area contributed by atoms with Crippen molar-refractivity contribution in [3.8, 4) is 5.69 Å². The summed E-state index contributed by atoms with van der Waals surface area (Å²) in [6.07, 6.45) is 0.781. The molecule has 8 nitrogen and oxygen atoms in total. The predicted octanol–water partition coefficient (Wildman–Crippen LogP) is 1.43. The molecular formula is C23H21BFN3O5. The highest BCUT2D eigenvalue weighted by Gasteiger charge is 2.63. The van der Waals surface area contributed by atoms with Gasteiger partial charge >= 0.3 is 18.5 Å². The lowest BCUT2D eigenvalue weighted by molar-refractivity contribution is -0.102. The Bertz CT molecular complexity index is 1380. The normalized spacial score (nSPS) is 28.1. The molecule has 0 unspecified atom stereocenters. The Labute approximate surface area is 188 Å². The second-order valence-electron chi connectivity index (χ2n) is 8.47. The van der Waals surface area contributed by atoms with Gasteiger partial charge in [0.25, 0.3) is 5.79 Å². The quantitative estimate of drug-likeness (QED) is 0.445. The Balaban J connectivity index is 1.45. The van der Waals surface area contributed by atoms with Gasteiger partial charge < -0.3 is 14.0 Å². The van der Waals surface area contributed by atoms with Gasteiger partial charge in [-0.3, -0.25) is 0 Å². The largest absolute Gasteiger partial charge is 0.495 e. The lowest BCUT2D eigenvalue weighted by Crippen LogP contribution is -2.61. The molecule has 2 aromatic carbocycles. The van der Waals surface area contributed by atoms with E-state index in [1.54, 1.807) is 43.5 Å². The first-order valence-electron chi connectivity index (χ1n) is 10.8. The van der Waals surface area contributed by atoms with E-state index in [4.69, 9.17) is 14.0 Å². The van der Waals surface area contributed by atoms with Crippen LogP contribution in [-0.2, 0) is 19.8 Å². The molecule has 4 aliphatic rings. The molecule has 0 saturated carbocycles. The Kier molecular flexibility index (Phi) is 4.42. The number of ether oxygens (including phenoxy) is 1. The number of halogens is 1. The number of hydrogen-bond acceptors (Lipinski definition) is 5. The molecule has 168 valence electrons. The van der Waals surface area contributed by atoms with Crippen LogP contribution in [0.4, 0.5) is 4.39 Å². The topological polar surface area (TPSA) is 76.6 Å². The number of rotatable bonds is 4. The van der Waals surface area contributed by atoms with E-state index in [0.29, 0.717) is 5.69 Å². The summed E-state index contributed by atoms with van der Waals surface area (Å²) in [7, 11) is 0.749. The maximum absolute atomic E-state index is 16.5. The molecule has 10 heteroatoms. The van der Waals surface area contributed by atoms with E-state index < -0.39 is 42.5 Å². The van der Waals surface area contributed by atoms with E-state index in [0.717, 1.165) is 25.0 Å². The van der Waals surface area contributed by atoms with Gasteiger partial charge in [-0.05, 0) is 36.2 Å². The van der Waals surface area contributed by atoms with Gasteiger partial charge in [-0.2, -0.15) is 4.68 Å². The Morgan fingerprint density at radius 2 is 1.79 bits per heavy atom. The minimum Gasteiger partial charge on any atom is -0.399 e. The summed E-state index contributed by atoms with van der Waals surface area (Å²) in [5, 5.41) is 0. The van der Waals surface area contributed by atoms with E-state index >= 15 is 4.39 Å². The molecule has 1 fully saturated rings. The molecule has 0 N–H and O–H groups in total. The molecule has 0 radical (unpaired) electrons. The zero-order valence-electron chi connectivity index (χ0n) is 18.0. The maximum Gasteiger partial charge on any atom is 0.495 e. The highest BCUT2D eigenvalue weighted by atomic mass is 19.1. The van der Waals surface area contributed by atoms with Gasteiger partial charge in [0, 0.05) is 7.11 Å². The first kappa shape index (κ1) is 20.4. The van der Waals surface area contributed by atoms with Crippen molar-refractivity contribution in [3.63, 3.8) is 0 Å². The van der Waals surface area contributed by atoms with Crippen molar-refractivity contribution in [2.24, 2.45) is 0 Å². The third kappa shape index (κ3) is 2.68. The summed E-state index contributed by atoms with van der Waals surface area (Å²) in [6.45, 7) is 1.90. The van der Waals surface area contributed by atoms with Crippen molar-refractivity contribution < 1.29 is 18.4 Å². The highest BCUT2D eigenvalue weighted by Crippen LogP contribution is 2.46. The van der Waals surface area contributed by atoms with Crippen LogP contribution in [-0.4, -0.2) is 40.4 Å². The minimum atomic E-state index is -2.37. The fourth-order valence-corrected chi connectivity index (χ4v) is 5.09. The zero-order chi connectivity index (χ0) is 22.9. The van der Waals surface area contributed by atoms with Crippen LogP contribution >= 0.6 is 0 Å². The fraction of sp³-hybridized carbons (Fsp3) is 0.304. The third-order valence-corrected chi connectivity index (χ3v) is 6.75. The van der Waals surface area contributed by atoms with Gasteiger partial charge in [-0.25, -0.2) is 23.2 Å². The summed E-state index contributed by atoms with van der Waals surface area (Å²) in [4.78, 5) is 26.6. The van der Waals surface area contributed by atoms with Crippen LogP contribution in [0.25, 0.3) is 5.69 Å². The second kappa shape index (κ2) is 7.15. The SMILES string of the molecule is CO[C@@H](C)c1ccccc1B1O[C@H]2[C@@H]3C=C[C@](F)([C@H]2O1)n1c(=O)n(-c2ccccc2)c(=O)n13. The molecule has 0 spiro atoms. The van der Waals surface area contributed by atoms with Crippen molar-refractivity contribution in [2.45, 2.75) is 37.1 Å². The van der Waals surface area contributed by atoms with Crippen molar-refractivity contribution in [2.75, 3.05) is 7.11 Å². The zero-order valence-corrected chi connectivity index (χ0v) is 18.0. The molecule has 0 amide bonds. The summed E-state index contributed by atoms with van der Waals surface area (Å²) < 4.78 is 37.3. The second-order valence-corrected chi connectivity index (χ2v) is 8.47. The number of aromatic nitrogens is 3. The van der Waals surface area contributed by atoms with Crippen LogP contribution in [0.1, 0.15) is 24.6 Å². The number of benzene rings is 2. The summed E-state index contributed by atoms with van der Waals surface area (Å²) in [5.74, 6) is -2.37. The van der Waals surface area contributed by atoms with E-state index in [2.05, 4.69) is 0 Å². The standard InChI is InChI=1S/C23H21BFN3O5/c1-14(31-2)16-10-6-7-11-17(16)24-32-19-18-12-13-23(25,20(19)33-24)28-22(30)26(21(29)27(18)28)15-8-4-3-5-9-15/h3-14,18-20H,1-2H3/t14-,18-,19-,20-,23+/m0/s1. The van der Waals surface area contributed by atoms with Crippen LogP contribution < -0.4 is 16.8 Å². The van der Waals surface area contributed by atoms with Gasteiger partial charge in [-0.15, -0.1) is 0 Å². The minimum absolute atomic E-state index is 0.223. The molecule has 1 aromatic heterocycles. The molecular weight excluding hydrogens is 428 g/mol. The molecule has 1 aliphatic carbocycles. The molecule has 5 atom stereocenters. The summed E-state index contributed by atoms with van der Waals surface area (Å²) in [5.41, 5.74) is 0.573. The number of nitrogens with zero attached hydrogens (tertiary/aromatic N) is 3. The number of alkyl halides is 1. The van der Waals surface area contributed by atoms with Crippen LogP contribution in [0.3, 0.4) is 0 Å². The van der Waals surface area contributed by atoms with E-state index in [9.17, 15) is 9.59 Å². The molecule has 4 heterocycles. The smallest absolute Gasteiger partial charge is 0.399 e. The van der Waals surface area contributed by atoms with Gasteiger partial charge in [0.1, 0.15) is 12.1 Å². The van der Waals surface area contributed by atoms with Gasteiger partial charge in [0.15, 0.2) is 0 Å². The first-order valence-corrected chi connectivity index (χ1v) is 10.8.